The van der Waals surface area contributed by atoms with Gasteiger partial charge in [-0.05, 0) is 55.3 Å². The summed E-state index contributed by atoms with van der Waals surface area (Å²) in [5.41, 5.74) is 1.40. The lowest BCUT2D eigenvalue weighted by Crippen LogP contribution is -2.73. The van der Waals surface area contributed by atoms with Crippen LogP contribution in [0.1, 0.15) is 75.2 Å². The summed E-state index contributed by atoms with van der Waals surface area (Å²) in [5.74, 6) is 6.03. The average Bonchev–Trinajstić information content (AvgIpc) is 2.49. The Hall–Kier alpha value is -0.130. The van der Waals surface area contributed by atoms with E-state index >= 15 is 0 Å². The molecule has 0 nitrogen and oxygen atoms in total. The largest absolute Gasteiger partial charge is 0.114 e. The molecule has 0 heteroatoms. The lowest BCUT2D eigenvalue weighted by atomic mass is 9.26. The Balaban J connectivity index is 2.16. The highest BCUT2D eigenvalue weighted by atomic mass is 14.8. The Morgan fingerprint density at radius 2 is 1.55 bits per heavy atom. The molecule has 3 rings (SSSR count). The molecule has 22 heavy (non-hydrogen) atoms. The predicted octanol–water partition coefficient (Wildman–Crippen LogP) is 6.46. The van der Waals surface area contributed by atoms with Crippen molar-refractivity contribution in [3.05, 3.63) is 6.42 Å². The van der Waals surface area contributed by atoms with Crippen LogP contribution < -0.4 is 0 Å². The van der Waals surface area contributed by atoms with Gasteiger partial charge in [0.1, 0.15) is 5.41 Å². The van der Waals surface area contributed by atoms with Crippen molar-refractivity contribution in [1.82, 2.24) is 0 Å². The van der Waals surface area contributed by atoms with Crippen LogP contribution in [0, 0.1) is 64.1 Å². The van der Waals surface area contributed by atoms with Crippen LogP contribution in [0.4, 0.5) is 0 Å². The summed E-state index contributed by atoms with van der Waals surface area (Å²) >= 11 is 0. The highest BCUT2D eigenvalue weighted by molar-refractivity contribution is 5.25. The van der Waals surface area contributed by atoms with Crippen molar-refractivity contribution < 1.29 is 0 Å². The minimum absolute atomic E-state index is 0.388. The molecule has 0 heterocycles. The zero-order valence-corrected chi connectivity index (χ0v) is 16.5. The van der Waals surface area contributed by atoms with Crippen LogP contribution in [0.2, 0.25) is 0 Å². The molecule has 0 aromatic carbocycles. The third kappa shape index (κ3) is 1.58. The lowest BCUT2D eigenvalue weighted by Gasteiger charge is -2.75. The molecule has 3 aliphatic carbocycles. The Labute approximate surface area is 139 Å². The highest BCUT2D eigenvalue weighted by Crippen LogP contribution is 2.78. The molecular formula is C22H39+. The van der Waals surface area contributed by atoms with E-state index < -0.39 is 0 Å². The summed E-state index contributed by atoms with van der Waals surface area (Å²) in [4.78, 5) is 0. The van der Waals surface area contributed by atoms with E-state index in [1.54, 1.807) is 0 Å². The van der Waals surface area contributed by atoms with Gasteiger partial charge in [-0.15, -0.1) is 0 Å². The molecule has 0 aromatic rings. The quantitative estimate of drug-likeness (QED) is 0.487. The average molecular weight is 304 g/mol. The molecule has 0 N–H and O–H groups in total. The molecule has 3 aliphatic rings. The molecule has 0 spiro atoms. The molecule has 0 aliphatic heterocycles. The van der Waals surface area contributed by atoms with Gasteiger partial charge in [-0.3, -0.25) is 0 Å². The molecule has 3 fully saturated rings. The summed E-state index contributed by atoms with van der Waals surface area (Å²) in [6, 6.07) is 0. The number of hydrogen-bond donors (Lipinski definition) is 0. The number of rotatable bonds is 1. The van der Waals surface area contributed by atoms with Crippen molar-refractivity contribution in [1.29, 1.82) is 0 Å². The maximum absolute atomic E-state index is 2.82. The first-order valence-electron chi connectivity index (χ1n) is 9.91. The lowest BCUT2D eigenvalue weighted by molar-refractivity contribution is -0.291. The van der Waals surface area contributed by atoms with Gasteiger partial charge >= 0.3 is 0 Å². The SMILES string of the molecule is CCC1(C)C(C)C2C3CC(C)C(C)[CH+]C(C)(C1C)C2(C)C3C. The number of hydrogen-bond acceptors (Lipinski definition) is 0. The van der Waals surface area contributed by atoms with Crippen LogP contribution >= 0.6 is 0 Å². The first-order valence-corrected chi connectivity index (χ1v) is 9.91. The van der Waals surface area contributed by atoms with E-state index in [9.17, 15) is 0 Å². The van der Waals surface area contributed by atoms with Crippen LogP contribution in [-0.4, -0.2) is 0 Å². The Morgan fingerprint density at radius 3 is 2.09 bits per heavy atom. The van der Waals surface area contributed by atoms with E-state index in [0.29, 0.717) is 16.2 Å². The summed E-state index contributed by atoms with van der Waals surface area (Å²) in [5, 5.41) is 0. The van der Waals surface area contributed by atoms with Gasteiger partial charge in [0, 0.05) is 11.3 Å². The summed E-state index contributed by atoms with van der Waals surface area (Å²) in [7, 11) is 0. The first-order chi connectivity index (χ1) is 10.1. The molecule has 10 atom stereocenters. The van der Waals surface area contributed by atoms with E-state index in [0.717, 1.165) is 41.4 Å². The van der Waals surface area contributed by atoms with Crippen LogP contribution in [0.3, 0.4) is 0 Å². The van der Waals surface area contributed by atoms with Gasteiger partial charge in [0.2, 0.25) is 0 Å². The molecule has 3 saturated carbocycles. The van der Waals surface area contributed by atoms with Gasteiger partial charge in [0.25, 0.3) is 0 Å². The van der Waals surface area contributed by atoms with Gasteiger partial charge in [0.15, 0.2) is 0 Å². The van der Waals surface area contributed by atoms with Gasteiger partial charge in [0.05, 0.1) is 12.3 Å². The topological polar surface area (TPSA) is 0 Å². The summed E-state index contributed by atoms with van der Waals surface area (Å²) in [6.07, 6.45) is 5.60. The minimum Gasteiger partial charge on any atom is -0.0648 e. The molecule has 0 saturated heterocycles. The predicted molar refractivity (Wildman–Crippen MR) is 96.3 cm³/mol. The van der Waals surface area contributed by atoms with Crippen molar-refractivity contribution >= 4 is 0 Å². The standard InChI is InChI=1S/C22H39/c1-10-20(7)16(5)19-18-11-13(2)14(3)12-21(8,17(20)6)22(19,9)15(18)4/h12-19H,10-11H2,1-9H3/q+1. The molecule has 0 aromatic heterocycles. The molecule has 126 valence electrons. The minimum atomic E-state index is 0.388. The van der Waals surface area contributed by atoms with E-state index in [-0.39, 0.29) is 0 Å². The van der Waals surface area contributed by atoms with Crippen molar-refractivity contribution in [3.63, 3.8) is 0 Å². The van der Waals surface area contributed by atoms with Crippen molar-refractivity contribution in [3.8, 4) is 0 Å². The fourth-order valence-corrected chi connectivity index (χ4v) is 7.74. The van der Waals surface area contributed by atoms with Gasteiger partial charge in [-0.1, -0.05) is 54.9 Å². The van der Waals surface area contributed by atoms with Crippen molar-refractivity contribution in [2.24, 2.45) is 57.7 Å². The van der Waals surface area contributed by atoms with E-state index in [4.69, 9.17) is 0 Å². The zero-order chi connectivity index (χ0) is 16.7. The monoisotopic (exact) mass is 303 g/mol. The van der Waals surface area contributed by atoms with Crippen molar-refractivity contribution in [2.45, 2.75) is 75.2 Å². The van der Waals surface area contributed by atoms with Crippen LogP contribution in [0.25, 0.3) is 0 Å². The fraction of sp³-hybridized carbons (Fsp3) is 0.955. The molecule has 0 radical (unpaired) electrons. The van der Waals surface area contributed by atoms with Crippen molar-refractivity contribution in [2.75, 3.05) is 0 Å². The normalized spacial score (nSPS) is 64.1. The van der Waals surface area contributed by atoms with E-state index in [2.05, 4.69) is 68.7 Å². The van der Waals surface area contributed by atoms with Crippen LogP contribution in [0.15, 0.2) is 0 Å². The maximum atomic E-state index is 2.82. The smallest absolute Gasteiger partial charge is 0.0648 e. The van der Waals surface area contributed by atoms with Gasteiger partial charge in [-0.25, -0.2) is 0 Å². The molecule has 10 unspecified atom stereocenters. The second kappa shape index (κ2) is 4.70. The molecule has 4 bridgehead atoms. The Morgan fingerprint density at radius 1 is 0.955 bits per heavy atom. The second-order valence-corrected chi connectivity index (χ2v) is 10.2. The van der Waals surface area contributed by atoms with E-state index in [1.807, 2.05) is 0 Å². The van der Waals surface area contributed by atoms with E-state index in [1.165, 1.54) is 12.8 Å². The Kier molecular flexibility index (Phi) is 3.57. The second-order valence-electron chi connectivity index (χ2n) is 10.2. The molecule has 0 amide bonds. The van der Waals surface area contributed by atoms with Gasteiger partial charge < -0.3 is 0 Å². The van der Waals surface area contributed by atoms with Crippen LogP contribution in [-0.2, 0) is 0 Å². The van der Waals surface area contributed by atoms with Crippen LogP contribution in [0.5, 0.6) is 0 Å². The first kappa shape index (κ1) is 16.7. The summed E-state index contributed by atoms with van der Waals surface area (Å²) < 4.78 is 0. The third-order valence-corrected chi connectivity index (χ3v) is 10.3. The molecular weight excluding hydrogens is 264 g/mol. The third-order valence-electron chi connectivity index (χ3n) is 10.3. The Bertz CT molecular complexity index is 453. The van der Waals surface area contributed by atoms with Gasteiger partial charge in [-0.2, -0.15) is 0 Å². The summed E-state index contributed by atoms with van der Waals surface area (Å²) in [6.45, 7) is 23.1. The highest BCUT2D eigenvalue weighted by Gasteiger charge is 2.77. The fourth-order valence-electron chi connectivity index (χ4n) is 7.74. The zero-order valence-electron chi connectivity index (χ0n) is 16.5. The maximum Gasteiger partial charge on any atom is 0.114 e.